The summed E-state index contributed by atoms with van der Waals surface area (Å²) >= 11 is 4.92. The van der Waals surface area contributed by atoms with Crippen LogP contribution >= 0.6 is 12.2 Å². The van der Waals surface area contributed by atoms with Crippen LogP contribution in [0, 0.1) is 0 Å². The first-order valence-electron chi connectivity index (χ1n) is 5.71. The first kappa shape index (κ1) is 14.5. The molecule has 6 heteroatoms. The lowest BCUT2D eigenvalue weighted by Gasteiger charge is -2.27. The highest BCUT2D eigenvalue weighted by molar-refractivity contribution is 7.80. The summed E-state index contributed by atoms with van der Waals surface area (Å²) in [4.78, 5) is 24.9. The van der Waals surface area contributed by atoms with Gasteiger partial charge in [-0.15, -0.1) is 6.58 Å². The zero-order valence-electron chi connectivity index (χ0n) is 10.0. The lowest BCUT2D eigenvalue weighted by atomic mass is 10.1. The van der Waals surface area contributed by atoms with E-state index in [0.29, 0.717) is 12.8 Å². The van der Waals surface area contributed by atoms with Gasteiger partial charge in [-0.3, -0.25) is 19.8 Å². The molecule has 0 bridgehead atoms. The molecule has 0 unspecified atom stereocenters. The second-order valence-electron chi connectivity index (χ2n) is 3.80. The highest BCUT2D eigenvalue weighted by Crippen LogP contribution is 2.11. The normalized spacial score (nSPS) is 18.2. The topological polar surface area (TPSA) is 69.6 Å². The molecule has 1 aliphatic heterocycles. The molecule has 1 saturated heterocycles. The van der Waals surface area contributed by atoms with Gasteiger partial charge in [0, 0.05) is 13.2 Å². The van der Waals surface area contributed by atoms with Gasteiger partial charge in [0.25, 0.3) is 11.8 Å². The number of carbonyl (C=O) groups excluding carboxylic acids is 2. The largest absolute Gasteiger partial charge is 0.396 e. The summed E-state index contributed by atoms with van der Waals surface area (Å²) in [7, 11) is 0. The number of carbonyl (C=O) groups is 2. The van der Waals surface area contributed by atoms with Crippen molar-refractivity contribution < 1.29 is 14.7 Å². The fourth-order valence-corrected chi connectivity index (χ4v) is 1.79. The standard InChI is InChI=1S/C12H16N2O3S/c1-2-7-14-11(17)9(6-4-3-5-8-15)10(16)13-12(14)18/h2,6,15H,1,3-5,7-8H2,(H,13,16,18)/b9-6+. The molecule has 0 aliphatic carbocycles. The third-order valence-electron chi connectivity index (χ3n) is 2.46. The average molecular weight is 268 g/mol. The van der Waals surface area contributed by atoms with Gasteiger partial charge in [-0.2, -0.15) is 0 Å². The van der Waals surface area contributed by atoms with Gasteiger partial charge in [-0.05, 0) is 31.5 Å². The molecule has 1 fully saturated rings. The van der Waals surface area contributed by atoms with Crippen molar-refractivity contribution in [3.63, 3.8) is 0 Å². The molecule has 2 N–H and O–H groups in total. The molecular weight excluding hydrogens is 252 g/mol. The van der Waals surface area contributed by atoms with Crippen LogP contribution in [0.15, 0.2) is 24.3 Å². The maximum Gasteiger partial charge on any atom is 0.265 e. The number of hydrogen-bond acceptors (Lipinski definition) is 4. The molecule has 0 atom stereocenters. The van der Waals surface area contributed by atoms with Crippen molar-refractivity contribution in [2.75, 3.05) is 13.2 Å². The Balaban J connectivity index is 2.76. The Kier molecular flexibility index (Phi) is 5.67. The number of amides is 2. The minimum Gasteiger partial charge on any atom is -0.396 e. The van der Waals surface area contributed by atoms with Crippen LogP contribution in [0.25, 0.3) is 0 Å². The van der Waals surface area contributed by atoms with Gasteiger partial charge >= 0.3 is 0 Å². The van der Waals surface area contributed by atoms with E-state index in [-0.39, 0.29) is 23.8 Å². The Morgan fingerprint density at radius 1 is 1.39 bits per heavy atom. The molecule has 1 aliphatic rings. The summed E-state index contributed by atoms with van der Waals surface area (Å²) in [5.74, 6) is -0.859. The molecule has 0 aromatic heterocycles. The zero-order valence-corrected chi connectivity index (χ0v) is 10.8. The van der Waals surface area contributed by atoms with Crippen LogP contribution in [0.4, 0.5) is 0 Å². The summed E-state index contributed by atoms with van der Waals surface area (Å²) in [5.41, 5.74) is 0.100. The Morgan fingerprint density at radius 3 is 2.72 bits per heavy atom. The molecule has 0 aromatic rings. The summed E-state index contributed by atoms with van der Waals surface area (Å²) < 4.78 is 0. The van der Waals surface area contributed by atoms with Crippen LogP contribution in [-0.2, 0) is 9.59 Å². The van der Waals surface area contributed by atoms with Crippen molar-refractivity contribution in [2.24, 2.45) is 0 Å². The van der Waals surface area contributed by atoms with Crippen LogP contribution in [0.3, 0.4) is 0 Å². The second-order valence-corrected chi connectivity index (χ2v) is 4.19. The van der Waals surface area contributed by atoms with E-state index in [1.165, 1.54) is 4.90 Å². The summed E-state index contributed by atoms with van der Waals surface area (Å²) in [6.45, 7) is 3.92. The lowest BCUT2D eigenvalue weighted by molar-refractivity contribution is -0.128. The van der Waals surface area contributed by atoms with Crippen molar-refractivity contribution in [1.29, 1.82) is 0 Å². The first-order valence-corrected chi connectivity index (χ1v) is 6.11. The number of hydrogen-bond donors (Lipinski definition) is 2. The van der Waals surface area contributed by atoms with Gasteiger partial charge < -0.3 is 5.11 Å². The second kappa shape index (κ2) is 7.03. The number of rotatable bonds is 6. The summed E-state index contributed by atoms with van der Waals surface area (Å²) in [5, 5.41) is 11.2. The SMILES string of the molecule is C=CCN1C(=O)/C(=C/CCCCO)C(=O)NC1=S. The van der Waals surface area contributed by atoms with Gasteiger partial charge in [0.05, 0.1) is 0 Å². The van der Waals surface area contributed by atoms with E-state index < -0.39 is 11.8 Å². The van der Waals surface area contributed by atoms with E-state index in [0.717, 1.165) is 6.42 Å². The lowest BCUT2D eigenvalue weighted by Crippen LogP contribution is -2.53. The smallest absolute Gasteiger partial charge is 0.265 e. The fourth-order valence-electron chi connectivity index (χ4n) is 1.54. The van der Waals surface area contributed by atoms with Crippen LogP contribution in [0.2, 0.25) is 0 Å². The monoisotopic (exact) mass is 268 g/mol. The molecule has 1 heterocycles. The van der Waals surface area contributed by atoms with Gasteiger partial charge in [0.15, 0.2) is 5.11 Å². The zero-order chi connectivity index (χ0) is 13.5. The predicted octanol–water partition coefficient (Wildman–Crippen LogP) is 0.505. The van der Waals surface area contributed by atoms with Gasteiger partial charge in [-0.25, -0.2) is 0 Å². The van der Waals surface area contributed by atoms with Gasteiger partial charge in [0.1, 0.15) is 5.57 Å². The number of nitrogens with zero attached hydrogens (tertiary/aromatic N) is 1. The van der Waals surface area contributed by atoms with Crippen molar-refractivity contribution in [2.45, 2.75) is 19.3 Å². The van der Waals surface area contributed by atoms with Crippen molar-refractivity contribution >= 4 is 29.1 Å². The quantitative estimate of drug-likeness (QED) is 0.242. The van der Waals surface area contributed by atoms with Crippen molar-refractivity contribution in [3.8, 4) is 0 Å². The maximum atomic E-state index is 12.0. The highest BCUT2D eigenvalue weighted by Gasteiger charge is 2.32. The van der Waals surface area contributed by atoms with E-state index >= 15 is 0 Å². The van der Waals surface area contributed by atoms with Crippen LogP contribution in [0.5, 0.6) is 0 Å². The van der Waals surface area contributed by atoms with Crippen LogP contribution in [0.1, 0.15) is 19.3 Å². The molecule has 1 rings (SSSR count). The minimum atomic E-state index is -0.464. The third kappa shape index (κ3) is 3.48. The van der Waals surface area contributed by atoms with Crippen LogP contribution < -0.4 is 5.32 Å². The van der Waals surface area contributed by atoms with Crippen molar-refractivity contribution in [3.05, 3.63) is 24.3 Å². The number of nitrogens with one attached hydrogen (secondary N) is 1. The van der Waals surface area contributed by atoms with E-state index in [1.807, 2.05) is 0 Å². The highest BCUT2D eigenvalue weighted by atomic mass is 32.1. The molecule has 18 heavy (non-hydrogen) atoms. The first-order chi connectivity index (χ1) is 8.61. The summed E-state index contributed by atoms with van der Waals surface area (Å²) in [6, 6.07) is 0. The van der Waals surface area contributed by atoms with E-state index in [4.69, 9.17) is 17.3 Å². The summed E-state index contributed by atoms with van der Waals surface area (Å²) in [6.07, 6.45) is 5.08. The minimum absolute atomic E-state index is 0.100. The molecule has 98 valence electrons. The molecule has 0 radical (unpaired) electrons. The van der Waals surface area contributed by atoms with E-state index in [2.05, 4.69) is 11.9 Å². The number of aliphatic hydroxyl groups excluding tert-OH is 1. The Hall–Kier alpha value is -1.53. The number of aliphatic hydroxyl groups is 1. The molecule has 0 aromatic carbocycles. The number of unbranched alkanes of at least 4 members (excludes halogenated alkanes) is 2. The average Bonchev–Trinajstić information content (AvgIpc) is 2.33. The third-order valence-corrected chi connectivity index (χ3v) is 2.78. The molecule has 0 spiro atoms. The Labute approximate surface area is 111 Å². The van der Waals surface area contributed by atoms with Gasteiger partial charge in [-0.1, -0.05) is 12.2 Å². The fraction of sp³-hybridized carbons (Fsp3) is 0.417. The molecular formula is C12H16N2O3S. The number of allylic oxidation sites excluding steroid dienone is 1. The van der Waals surface area contributed by atoms with Crippen molar-refractivity contribution in [1.82, 2.24) is 10.2 Å². The number of thiocarbonyl (C=S) groups is 1. The van der Waals surface area contributed by atoms with Crippen LogP contribution in [-0.4, -0.2) is 40.1 Å². The molecule has 0 saturated carbocycles. The van der Waals surface area contributed by atoms with E-state index in [1.54, 1.807) is 12.2 Å². The maximum absolute atomic E-state index is 12.0. The van der Waals surface area contributed by atoms with E-state index in [9.17, 15) is 9.59 Å². The molecule has 5 nitrogen and oxygen atoms in total. The Bertz CT molecular complexity index is 404. The molecule has 2 amide bonds. The predicted molar refractivity (Wildman–Crippen MR) is 71.7 cm³/mol. The Morgan fingerprint density at radius 2 is 2.11 bits per heavy atom. The van der Waals surface area contributed by atoms with Gasteiger partial charge in [0.2, 0.25) is 0 Å².